The molecule has 0 aliphatic rings. The lowest BCUT2D eigenvalue weighted by Gasteiger charge is -2.14. The molecule has 0 saturated carbocycles. The van der Waals surface area contributed by atoms with Crippen LogP contribution < -0.4 is 10.6 Å². The van der Waals surface area contributed by atoms with Gasteiger partial charge in [0, 0.05) is 5.02 Å². The summed E-state index contributed by atoms with van der Waals surface area (Å²) in [5, 5.41) is 3.06. The first-order valence-corrected chi connectivity index (χ1v) is 7.01. The predicted octanol–water partition coefficient (Wildman–Crippen LogP) is 4.35. The minimum absolute atomic E-state index is 0.261. The van der Waals surface area contributed by atoms with Gasteiger partial charge >= 0.3 is 18.0 Å². The van der Waals surface area contributed by atoms with Crippen molar-refractivity contribution in [3.8, 4) is 0 Å². The second-order valence-electron chi connectivity index (χ2n) is 4.82. The lowest BCUT2D eigenvalue weighted by atomic mass is 10.1. The third-order valence-corrected chi connectivity index (χ3v) is 3.26. The molecule has 26 heavy (non-hydrogen) atoms. The summed E-state index contributed by atoms with van der Waals surface area (Å²) in [4.78, 5) is 23.4. The zero-order valence-electron chi connectivity index (χ0n) is 12.3. The Balaban J connectivity index is 2.21. The summed E-state index contributed by atoms with van der Waals surface area (Å²) < 4.78 is 78.1. The monoisotopic (exact) mass is 396 g/mol. The Morgan fingerprint density at radius 1 is 0.846 bits per heavy atom. The number of hydrogen-bond acceptors (Lipinski definition) is 2. The van der Waals surface area contributed by atoms with Crippen LogP contribution in [0.15, 0.2) is 30.3 Å². The van der Waals surface area contributed by atoms with Crippen LogP contribution in [0.5, 0.6) is 0 Å². The van der Waals surface area contributed by atoms with Crippen molar-refractivity contribution in [2.75, 3.05) is 10.6 Å². The van der Waals surface area contributed by atoms with Gasteiger partial charge in [-0.3, -0.25) is 9.59 Å². The molecule has 0 aromatic heterocycles. The Morgan fingerprint density at radius 2 is 1.38 bits per heavy atom. The van der Waals surface area contributed by atoms with Crippen LogP contribution in [0, 0.1) is 17.5 Å². The maximum Gasteiger partial charge on any atom is 0.418 e. The Bertz CT molecular complexity index is 885. The summed E-state index contributed by atoms with van der Waals surface area (Å²) in [6.07, 6.45) is -4.88. The van der Waals surface area contributed by atoms with E-state index in [1.807, 2.05) is 0 Å². The number of carbonyl (C=O) groups is 2. The average Bonchev–Trinajstić information content (AvgIpc) is 2.56. The molecule has 0 fully saturated rings. The Morgan fingerprint density at radius 3 is 1.96 bits per heavy atom. The summed E-state index contributed by atoms with van der Waals surface area (Å²) in [7, 11) is 0. The number of alkyl halides is 3. The third-order valence-electron chi connectivity index (χ3n) is 3.02. The van der Waals surface area contributed by atoms with Gasteiger partial charge < -0.3 is 10.6 Å². The standard InChI is InChI=1S/C15H7ClF6N2O2/c16-6-1-3-9(7(5-6)15(20,21)22)23-13(25)14(26)24-10-4-2-8(17)11(18)12(10)19/h1-5H,(H,23,25)(H,24,26). The summed E-state index contributed by atoms with van der Waals surface area (Å²) in [6, 6.07) is 3.52. The third kappa shape index (κ3) is 4.26. The number of nitrogens with one attached hydrogen (secondary N) is 2. The lowest BCUT2D eigenvalue weighted by Crippen LogP contribution is -2.30. The van der Waals surface area contributed by atoms with E-state index in [1.165, 1.54) is 0 Å². The fourth-order valence-electron chi connectivity index (χ4n) is 1.84. The molecule has 0 heterocycles. The maximum atomic E-state index is 13.5. The van der Waals surface area contributed by atoms with E-state index in [2.05, 4.69) is 0 Å². The molecule has 0 aliphatic heterocycles. The zero-order valence-corrected chi connectivity index (χ0v) is 13.1. The van der Waals surface area contributed by atoms with Gasteiger partial charge in [-0.2, -0.15) is 13.2 Å². The van der Waals surface area contributed by atoms with Crippen molar-refractivity contribution in [3.63, 3.8) is 0 Å². The Labute approximate surface area is 146 Å². The highest BCUT2D eigenvalue weighted by Gasteiger charge is 2.34. The second-order valence-corrected chi connectivity index (χ2v) is 5.26. The van der Waals surface area contributed by atoms with E-state index in [0.717, 1.165) is 12.1 Å². The van der Waals surface area contributed by atoms with Crippen LogP contribution >= 0.6 is 11.6 Å². The molecule has 2 amide bonds. The minimum atomic E-state index is -4.88. The van der Waals surface area contributed by atoms with Gasteiger partial charge in [0.15, 0.2) is 17.5 Å². The topological polar surface area (TPSA) is 58.2 Å². The SMILES string of the molecule is O=C(Nc1ccc(Cl)cc1C(F)(F)F)C(=O)Nc1ccc(F)c(F)c1F. The largest absolute Gasteiger partial charge is 0.418 e. The van der Waals surface area contributed by atoms with Gasteiger partial charge in [0.2, 0.25) is 0 Å². The Hall–Kier alpha value is -2.75. The molecule has 2 rings (SSSR count). The molecule has 0 unspecified atom stereocenters. The molecule has 138 valence electrons. The molecule has 4 nitrogen and oxygen atoms in total. The second kappa shape index (κ2) is 7.24. The summed E-state index contributed by atoms with van der Waals surface area (Å²) in [6.45, 7) is 0. The summed E-state index contributed by atoms with van der Waals surface area (Å²) >= 11 is 5.47. The molecule has 0 bridgehead atoms. The number of amides is 2. The molecule has 0 spiro atoms. The van der Waals surface area contributed by atoms with Crippen LogP contribution in [-0.4, -0.2) is 11.8 Å². The number of carbonyl (C=O) groups excluding carboxylic acids is 2. The van der Waals surface area contributed by atoms with Gasteiger partial charge in [-0.25, -0.2) is 13.2 Å². The first kappa shape index (κ1) is 19.6. The fraction of sp³-hybridized carbons (Fsp3) is 0.0667. The van der Waals surface area contributed by atoms with Crippen molar-refractivity contribution < 1.29 is 35.9 Å². The highest BCUT2D eigenvalue weighted by molar-refractivity contribution is 6.43. The van der Waals surface area contributed by atoms with Gasteiger partial charge in [-0.1, -0.05) is 11.6 Å². The number of halogens is 7. The van der Waals surface area contributed by atoms with Crippen molar-refractivity contribution in [1.82, 2.24) is 0 Å². The average molecular weight is 397 g/mol. The van der Waals surface area contributed by atoms with Crippen LogP contribution in [0.3, 0.4) is 0 Å². The first-order chi connectivity index (χ1) is 12.0. The maximum absolute atomic E-state index is 13.5. The van der Waals surface area contributed by atoms with Crippen LogP contribution in [0.25, 0.3) is 0 Å². The molecule has 0 aliphatic carbocycles. The Kier molecular flexibility index (Phi) is 5.45. The molecule has 0 atom stereocenters. The predicted molar refractivity (Wildman–Crippen MR) is 80.0 cm³/mol. The summed E-state index contributed by atoms with van der Waals surface area (Å²) in [5.41, 5.74) is -2.95. The van der Waals surface area contributed by atoms with Gasteiger partial charge in [0.05, 0.1) is 16.9 Å². The number of benzene rings is 2. The molecule has 2 aromatic rings. The molecule has 2 N–H and O–H groups in total. The quantitative estimate of drug-likeness (QED) is 0.450. The number of hydrogen-bond donors (Lipinski definition) is 2. The van der Waals surface area contributed by atoms with E-state index in [0.29, 0.717) is 18.2 Å². The van der Waals surface area contributed by atoms with E-state index >= 15 is 0 Å². The van der Waals surface area contributed by atoms with Gasteiger partial charge in [-0.05, 0) is 30.3 Å². The highest BCUT2D eigenvalue weighted by atomic mass is 35.5. The zero-order chi connectivity index (χ0) is 19.6. The van der Waals surface area contributed by atoms with Crippen molar-refractivity contribution in [2.45, 2.75) is 6.18 Å². The molecule has 0 radical (unpaired) electrons. The molecule has 2 aromatic carbocycles. The molecule has 11 heteroatoms. The van der Waals surface area contributed by atoms with E-state index in [4.69, 9.17) is 11.6 Å². The lowest BCUT2D eigenvalue weighted by molar-refractivity contribution is -0.137. The molecular weight excluding hydrogens is 390 g/mol. The van der Waals surface area contributed by atoms with E-state index in [-0.39, 0.29) is 5.02 Å². The van der Waals surface area contributed by atoms with Crippen LogP contribution in [-0.2, 0) is 15.8 Å². The van der Waals surface area contributed by atoms with Crippen molar-refractivity contribution >= 4 is 34.8 Å². The van der Waals surface area contributed by atoms with Gasteiger partial charge in [0.25, 0.3) is 0 Å². The first-order valence-electron chi connectivity index (χ1n) is 6.63. The normalized spacial score (nSPS) is 11.2. The number of rotatable bonds is 2. The van der Waals surface area contributed by atoms with Crippen molar-refractivity contribution in [1.29, 1.82) is 0 Å². The summed E-state index contributed by atoms with van der Waals surface area (Å²) in [5.74, 6) is -8.38. The smallest absolute Gasteiger partial charge is 0.317 e. The van der Waals surface area contributed by atoms with E-state index in [9.17, 15) is 35.9 Å². The number of anilines is 2. The fourth-order valence-corrected chi connectivity index (χ4v) is 2.01. The van der Waals surface area contributed by atoms with Crippen LogP contribution in [0.2, 0.25) is 5.02 Å². The van der Waals surface area contributed by atoms with E-state index < -0.39 is 52.4 Å². The van der Waals surface area contributed by atoms with Crippen LogP contribution in [0.1, 0.15) is 5.56 Å². The van der Waals surface area contributed by atoms with E-state index in [1.54, 1.807) is 10.6 Å². The van der Waals surface area contributed by atoms with Crippen molar-refractivity contribution in [2.24, 2.45) is 0 Å². The van der Waals surface area contributed by atoms with Gasteiger partial charge in [-0.15, -0.1) is 0 Å². The van der Waals surface area contributed by atoms with Crippen LogP contribution in [0.4, 0.5) is 37.7 Å². The van der Waals surface area contributed by atoms with Gasteiger partial charge in [0.1, 0.15) is 0 Å². The van der Waals surface area contributed by atoms with Crippen molar-refractivity contribution in [3.05, 3.63) is 58.4 Å². The minimum Gasteiger partial charge on any atom is -0.317 e. The molecule has 0 saturated heterocycles. The highest BCUT2D eigenvalue weighted by Crippen LogP contribution is 2.36. The molecular formula is C15H7ClF6N2O2.